The molecule has 0 N–H and O–H groups in total. The van der Waals surface area contributed by atoms with Crippen molar-refractivity contribution in [1.82, 2.24) is 4.90 Å². The van der Waals surface area contributed by atoms with Crippen LogP contribution in [0.5, 0.6) is 0 Å². The van der Waals surface area contributed by atoms with Crippen LogP contribution >= 0.6 is 0 Å². The maximum absolute atomic E-state index is 12.7. The van der Waals surface area contributed by atoms with E-state index in [4.69, 9.17) is 4.74 Å². The lowest BCUT2D eigenvalue weighted by Gasteiger charge is -2.40. The van der Waals surface area contributed by atoms with Gasteiger partial charge >= 0.3 is 5.97 Å². The molecule has 0 aliphatic carbocycles. The highest BCUT2D eigenvalue weighted by Gasteiger charge is 2.44. The van der Waals surface area contributed by atoms with Gasteiger partial charge in [-0.05, 0) is 36.5 Å². The van der Waals surface area contributed by atoms with Gasteiger partial charge in [0.25, 0.3) is 0 Å². The number of amides is 1. The highest BCUT2D eigenvalue weighted by molar-refractivity contribution is 5.84. The Balaban J connectivity index is 1.73. The summed E-state index contributed by atoms with van der Waals surface area (Å²) in [6.45, 7) is 3.15. The van der Waals surface area contributed by atoms with Crippen LogP contribution in [0.3, 0.4) is 0 Å². The molecule has 0 bridgehead atoms. The largest absolute Gasteiger partial charge is 0.468 e. The number of esters is 1. The molecule has 136 valence electrons. The Labute approximate surface area is 154 Å². The number of benzene rings is 2. The van der Waals surface area contributed by atoms with Crippen LogP contribution in [0.15, 0.2) is 54.6 Å². The van der Waals surface area contributed by atoms with Crippen LogP contribution in [-0.2, 0) is 26.2 Å². The van der Waals surface area contributed by atoms with E-state index in [9.17, 15) is 9.59 Å². The van der Waals surface area contributed by atoms with Gasteiger partial charge in [-0.2, -0.15) is 0 Å². The predicted octanol–water partition coefficient (Wildman–Crippen LogP) is 3.27. The third-order valence-corrected chi connectivity index (χ3v) is 5.48. The lowest BCUT2D eigenvalue weighted by atomic mass is 9.72. The number of likely N-dealkylation sites (tertiary alicyclic amines) is 1. The molecule has 1 saturated heterocycles. The summed E-state index contributed by atoms with van der Waals surface area (Å²) in [6, 6.07) is 17.7. The fraction of sp³-hybridized carbons (Fsp3) is 0.364. The molecule has 1 fully saturated rings. The van der Waals surface area contributed by atoms with Crippen molar-refractivity contribution < 1.29 is 14.3 Å². The predicted molar refractivity (Wildman–Crippen MR) is 101 cm³/mol. The van der Waals surface area contributed by atoms with E-state index in [2.05, 4.69) is 0 Å². The molecular weight excluding hydrogens is 326 g/mol. The van der Waals surface area contributed by atoms with Crippen LogP contribution in [0, 0.1) is 6.92 Å². The van der Waals surface area contributed by atoms with Gasteiger partial charge in [-0.3, -0.25) is 9.59 Å². The molecule has 3 rings (SSSR count). The maximum atomic E-state index is 12.7. The van der Waals surface area contributed by atoms with E-state index in [0.29, 0.717) is 32.4 Å². The quantitative estimate of drug-likeness (QED) is 0.794. The number of hydrogen-bond donors (Lipinski definition) is 0. The summed E-state index contributed by atoms with van der Waals surface area (Å²) < 4.78 is 5.11. The highest BCUT2D eigenvalue weighted by atomic mass is 16.5. The fourth-order valence-corrected chi connectivity index (χ4v) is 3.78. The van der Waals surface area contributed by atoms with Crippen molar-refractivity contribution in [2.75, 3.05) is 20.2 Å². The number of nitrogens with zero attached hydrogens (tertiary/aromatic N) is 1. The van der Waals surface area contributed by atoms with Crippen molar-refractivity contribution in [3.05, 3.63) is 71.3 Å². The molecule has 1 aliphatic rings. The first-order valence-electron chi connectivity index (χ1n) is 9.03. The van der Waals surface area contributed by atoms with Crippen LogP contribution in [-0.4, -0.2) is 37.0 Å². The van der Waals surface area contributed by atoms with Gasteiger partial charge in [0.1, 0.15) is 0 Å². The van der Waals surface area contributed by atoms with Gasteiger partial charge in [-0.15, -0.1) is 0 Å². The van der Waals surface area contributed by atoms with Gasteiger partial charge in [0.05, 0.1) is 18.9 Å². The molecule has 0 spiro atoms. The van der Waals surface area contributed by atoms with Crippen LogP contribution in [0.4, 0.5) is 0 Å². The van der Waals surface area contributed by atoms with Crippen LogP contribution in [0.25, 0.3) is 0 Å². The maximum Gasteiger partial charge on any atom is 0.316 e. The minimum Gasteiger partial charge on any atom is -0.468 e. The molecule has 4 heteroatoms. The second kappa shape index (κ2) is 7.73. The molecule has 1 heterocycles. The molecule has 2 aromatic carbocycles. The Morgan fingerprint density at radius 2 is 1.62 bits per heavy atom. The zero-order valence-corrected chi connectivity index (χ0v) is 15.4. The van der Waals surface area contributed by atoms with Crippen LogP contribution in [0.1, 0.15) is 29.5 Å². The number of carbonyl (C=O) groups excluding carboxylic acids is 2. The average Bonchev–Trinajstić information content (AvgIpc) is 2.69. The standard InChI is InChI=1S/C22H25NO3/c1-17-8-6-7-9-18(17)16-20(24)23-14-12-22(13-15-23,21(25)26-2)19-10-4-3-5-11-19/h3-11H,12-16H2,1-2H3. The molecule has 0 aromatic heterocycles. The van der Waals surface area contributed by atoms with Crippen molar-refractivity contribution in [2.24, 2.45) is 0 Å². The molecule has 0 saturated carbocycles. The Kier molecular flexibility index (Phi) is 5.40. The van der Waals surface area contributed by atoms with Gasteiger partial charge in [-0.25, -0.2) is 0 Å². The molecule has 26 heavy (non-hydrogen) atoms. The second-order valence-electron chi connectivity index (χ2n) is 6.92. The first-order valence-corrected chi connectivity index (χ1v) is 9.03. The molecule has 2 aromatic rings. The summed E-state index contributed by atoms with van der Waals surface area (Å²) in [5.41, 5.74) is 2.50. The molecule has 0 radical (unpaired) electrons. The Bertz CT molecular complexity index is 777. The highest BCUT2D eigenvalue weighted by Crippen LogP contribution is 2.37. The van der Waals surface area contributed by atoms with E-state index in [1.165, 1.54) is 7.11 Å². The van der Waals surface area contributed by atoms with Gasteiger partial charge in [0.15, 0.2) is 0 Å². The molecule has 4 nitrogen and oxygen atoms in total. The van der Waals surface area contributed by atoms with E-state index in [-0.39, 0.29) is 11.9 Å². The van der Waals surface area contributed by atoms with Crippen LogP contribution < -0.4 is 0 Å². The van der Waals surface area contributed by atoms with Crippen molar-refractivity contribution in [2.45, 2.75) is 31.6 Å². The minimum absolute atomic E-state index is 0.117. The topological polar surface area (TPSA) is 46.6 Å². The minimum atomic E-state index is -0.657. The van der Waals surface area contributed by atoms with Gasteiger partial charge in [0.2, 0.25) is 5.91 Å². The van der Waals surface area contributed by atoms with E-state index in [1.807, 2.05) is 66.4 Å². The second-order valence-corrected chi connectivity index (χ2v) is 6.92. The third kappa shape index (κ3) is 3.50. The number of ether oxygens (including phenoxy) is 1. The van der Waals surface area contributed by atoms with Gasteiger partial charge in [-0.1, -0.05) is 54.6 Å². The molecule has 1 aliphatic heterocycles. The lowest BCUT2D eigenvalue weighted by Crippen LogP contribution is -2.49. The molecular formula is C22H25NO3. The summed E-state index contributed by atoms with van der Waals surface area (Å²) in [4.78, 5) is 27.2. The lowest BCUT2D eigenvalue weighted by molar-refractivity contribution is -0.151. The number of aryl methyl sites for hydroxylation is 1. The SMILES string of the molecule is COC(=O)C1(c2ccccc2)CCN(C(=O)Cc2ccccc2C)CC1. The third-order valence-electron chi connectivity index (χ3n) is 5.48. The first kappa shape index (κ1) is 18.2. The van der Waals surface area contributed by atoms with Crippen molar-refractivity contribution in [1.29, 1.82) is 0 Å². The molecule has 0 atom stereocenters. The smallest absolute Gasteiger partial charge is 0.316 e. The van der Waals surface area contributed by atoms with Crippen LogP contribution in [0.2, 0.25) is 0 Å². The normalized spacial score (nSPS) is 16.2. The molecule has 1 amide bonds. The number of methoxy groups -OCH3 is 1. The zero-order valence-electron chi connectivity index (χ0n) is 15.4. The Morgan fingerprint density at radius 1 is 1.00 bits per heavy atom. The zero-order chi connectivity index (χ0) is 18.6. The van der Waals surface area contributed by atoms with Gasteiger partial charge in [0, 0.05) is 13.1 Å². The van der Waals surface area contributed by atoms with Crippen molar-refractivity contribution in [3.63, 3.8) is 0 Å². The summed E-state index contributed by atoms with van der Waals surface area (Å²) in [6.07, 6.45) is 1.58. The molecule has 0 unspecified atom stereocenters. The summed E-state index contributed by atoms with van der Waals surface area (Å²) in [5, 5.41) is 0. The Hall–Kier alpha value is -2.62. The average molecular weight is 351 g/mol. The van der Waals surface area contributed by atoms with E-state index >= 15 is 0 Å². The van der Waals surface area contributed by atoms with Crippen molar-refractivity contribution >= 4 is 11.9 Å². The first-order chi connectivity index (χ1) is 12.6. The monoisotopic (exact) mass is 351 g/mol. The summed E-state index contributed by atoms with van der Waals surface area (Å²) in [7, 11) is 1.43. The van der Waals surface area contributed by atoms with Gasteiger partial charge < -0.3 is 9.64 Å². The summed E-state index contributed by atoms with van der Waals surface area (Å²) in [5.74, 6) is -0.0967. The Morgan fingerprint density at radius 3 is 2.23 bits per heavy atom. The number of rotatable bonds is 4. The van der Waals surface area contributed by atoms with Crippen molar-refractivity contribution in [3.8, 4) is 0 Å². The fourth-order valence-electron chi connectivity index (χ4n) is 3.78. The van der Waals surface area contributed by atoms with E-state index in [0.717, 1.165) is 16.7 Å². The van der Waals surface area contributed by atoms with E-state index in [1.54, 1.807) is 0 Å². The number of piperidine rings is 1. The van der Waals surface area contributed by atoms with E-state index < -0.39 is 5.41 Å². The number of hydrogen-bond acceptors (Lipinski definition) is 3. The summed E-state index contributed by atoms with van der Waals surface area (Å²) >= 11 is 0. The number of carbonyl (C=O) groups is 2.